The van der Waals surface area contributed by atoms with E-state index in [1.165, 1.54) is 0 Å². The van der Waals surface area contributed by atoms with Gasteiger partial charge in [0, 0.05) is 0 Å². The highest BCUT2D eigenvalue weighted by molar-refractivity contribution is 5.96. The molecule has 3 aromatic rings. The predicted octanol–water partition coefficient (Wildman–Crippen LogP) is 2.19. The molecule has 0 fully saturated rings. The van der Waals surface area contributed by atoms with E-state index < -0.39 is 5.92 Å². The number of nitrogens with one attached hydrogen (secondary N) is 2. The van der Waals surface area contributed by atoms with E-state index in [1.54, 1.807) is 39.5 Å². The summed E-state index contributed by atoms with van der Waals surface area (Å²) in [6, 6.07) is 12.7. The van der Waals surface area contributed by atoms with E-state index in [1.807, 2.05) is 24.3 Å². The van der Waals surface area contributed by atoms with Crippen LogP contribution in [-0.4, -0.2) is 47.9 Å². The Labute approximate surface area is 162 Å². The van der Waals surface area contributed by atoms with Crippen LogP contribution < -0.4 is 19.5 Å². The summed E-state index contributed by atoms with van der Waals surface area (Å²) in [6.07, 6.45) is 0.293. The molecule has 0 radical (unpaired) electrons. The Morgan fingerprint density at radius 3 is 2.46 bits per heavy atom. The van der Waals surface area contributed by atoms with Gasteiger partial charge in [-0.3, -0.25) is 4.79 Å². The maximum atomic E-state index is 13.1. The fraction of sp³-hybridized carbons (Fsp3) is 0.263. The third-order valence-electron chi connectivity index (χ3n) is 4.26. The zero-order chi connectivity index (χ0) is 19.9. The van der Waals surface area contributed by atoms with Crippen LogP contribution >= 0.6 is 0 Å². The first kappa shape index (κ1) is 19.2. The fourth-order valence-electron chi connectivity index (χ4n) is 2.92. The van der Waals surface area contributed by atoms with Crippen LogP contribution in [0.2, 0.25) is 0 Å². The first-order chi connectivity index (χ1) is 13.7. The average molecular weight is 383 g/mol. The molecule has 0 aliphatic rings. The second-order valence-corrected chi connectivity index (χ2v) is 5.87. The summed E-state index contributed by atoms with van der Waals surface area (Å²) in [7, 11) is 4.66. The van der Waals surface area contributed by atoms with Crippen molar-refractivity contribution in [3.8, 4) is 17.2 Å². The Balaban J connectivity index is 1.92. The highest BCUT2D eigenvalue weighted by Crippen LogP contribution is 2.34. The molecule has 1 aromatic heterocycles. The summed E-state index contributed by atoms with van der Waals surface area (Å²) in [5.74, 6) is 0.972. The van der Waals surface area contributed by atoms with Gasteiger partial charge in [-0.15, -0.1) is 10.2 Å². The lowest BCUT2D eigenvalue weighted by Gasteiger charge is -2.18. The predicted molar refractivity (Wildman–Crippen MR) is 102 cm³/mol. The Hall–Kier alpha value is -3.62. The maximum Gasteiger partial charge on any atom is 0.235 e. The third kappa shape index (κ3) is 4.03. The number of hydrogen-bond donors (Lipinski definition) is 2. The molecule has 0 aliphatic carbocycles. The normalized spacial score (nSPS) is 11.5. The number of H-pyrrole nitrogens is 1. The van der Waals surface area contributed by atoms with Gasteiger partial charge in [0.25, 0.3) is 0 Å². The van der Waals surface area contributed by atoms with Crippen LogP contribution in [0.1, 0.15) is 17.3 Å². The Morgan fingerprint density at radius 2 is 1.79 bits per heavy atom. The highest BCUT2D eigenvalue weighted by atomic mass is 16.5. The molecule has 3 rings (SSSR count). The second kappa shape index (κ2) is 8.85. The van der Waals surface area contributed by atoms with Crippen LogP contribution in [0.3, 0.4) is 0 Å². The monoisotopic (exact) mass is 383 g/mol. The number of para-hydroxylation sites is 3. The van der Waals surface area contributed by atoms with Gasteiger partial charge in [0.2, 0.25) is 5.91 Å². The van der Waals surface area contributed by atoms with Gasteiger partial charge in [-0.25, -0.2) is 0 Å². The number of ether oxygens (including phenoxy) is 3. The van der Waals surface area contributed by atoms with Crippen molar-refractivity contribution in [2.24, 2.45) is 0 Å². The maximum absolute atomic E-state index is 13.1. The Bertz CT molecular complexity index is 930. The minimum absolute atomic E-state index is 0.275. The van der Waals surface area contributed by atoms with E-state index in [-0.39, 0.29) is 11.7 Å². The van der Waals surface area contributed by atoms with Crippen LogP contribution in [0.25, 0.3) is 0 Å². The summed E-state index contributed by atoms with van der Waals surface area (Å²) in [5.41, 5.74) is 1.34. The average Bonchev–Trinajstić information content (AvgIpc) is 3.26. The van der Waals surface area contributed by atoms with E-state index in [4.69, 9.17) is 14.2 Å². The van der Waals surface area contributed by atoms with Crippen molar-refractivity contribution in [1.29, 1.82) is 0 Å². The standard InChI is InChI=1S/C19H21N5O4/c1-26-15-9-5-4-8-14(15)20-19(25)13(18-21-23-24-22-18)11-12-7-6-10-16(27-2)17(12)28-3/h4-10,13H,11H2,1-3H3,(H,20,25)(H,21,22,23,24)/t13-/m0/s1. The lowest BCUT2D eigenvalue weighted by Crippen LogP contribution is -2.24. The summed E-state index contributed by atoms with van der Waals surface area (Å²) in [6.45, 7) is 0. The third-order valence-corrected chi connectivity index (χ3v) is 4.26. The molecule has 0 saturated heterocycles. The smallest absolute Gasteiger partial charge is 0.235 e. The summed E-state index contributed by atoms with van der Waals surface area (Å²) in [5, 5.41) is 16.9. The largest absolute Gasteiger partial charge is 0.495 e. The zero-order valence-corrected chi connectivity index (χ0v) is 15.8. The first-order valence-corrected chi connectivity index (χ1v) is 8.55. The molecular formula is C19H21N5O4. The molecule has 146 valence electrons. The number of carbonyl (C=O) groups excluding carboxylic acids is 1. The van der Waals surface area contributed by atoms with Gasteiger partial charge in [0.1, 0.15) is 11.7 Å². The molecule has 0 aliphatic heterocycles. The van der Waals surface area contributed by atoms with Gasteiger partial charge in [-0.2, -0.15) is 5.21 Å². The van der Waals surface area contributed by atoms with Gasteiger partial charge < -0.3 is 19.5 Å². The number of hydrogen-bond acceptors (Lipinski definition) is 7. The molecule has 9 heteroatoms. The number of tetrazole rings is 1. The SMILES string of the molecule is COc1ccccc1NC(=O)[C@@H](Cc1cccc(OC)c1OC)c1nn[nH]n1. The van der Waals surface area contributed by atoms with Crippen molar-refractivity contribution in [2.75, 3.05) is 26.6 Å². The van der Waals surface area contributed by atoms with Crippen molar-refractivity contribution < 1.29 is 19.0 Å². The number of amides is 1. The Morgan fingerprint density at radius 1 is 1.04 bits per heavy atom. The van der Waals surface area contributed by atoms with Crippen LogP contribution in [0.15, 0.2) is 42.5 Å². The van der Waals surface area contributed by atoms with E-state index in [2.05, 4.69) is 25.9 Å². The molecule has 0 unspecified atom stereocenters. The number of anilines is 1. The Kier molecular flexibility index (Phi) is 6.05. The van der Waals surface area contributed by atoms with Crippen molar-refractivity contribution in [3.63, 3.8) is 0 Å². The lowest BCUT2D eigenvalue weighted by molar-refractivity contribution is -0.117. The molecule has 1 amide bonds. The topological polar surface area (TPSA) is 111 Å². The summed E-state index contributed by atoms with van der Waals surface area (Å²) < 4.78 is 16.1. The zero-order valence-electron chi connectivity index (χ0n) is 15.8. The van der Waals surface area contributed by atoms with Crippen LogP contribution in [0, 0.1) is 0 Å². The van der Waals surface area contributed by atoms with Crippen molar-refractivity contribution >= 4 is 11.6 Å². The van der Waals surface area contributed by atoms with Crippen LogP contribution in [-0.2, 0) is 11.2 Å². The molecule has 0 spiro atoms. The summed E-state index contributed by atoms with van der Waals surface area (Å²) in [4.78, 5) is 13.1. The number of aromatic nitrogens is 4. The number of benzene rings is 2. The molecule has 0 bridgehead atoms. The molecule has 2 aromatic carbocycles. The van der Waals surface area contributed by atoms with E-state index >= 15 is 0 Å². The molecule has 2 N–H and O–H groups in total. The van der Waals surface area contributed by atoms with Gasteiger partial charge in [-0.1, -0.05) is 29.5 Å². The van der Waals surface area contributed by atoms with Crippen LogP contribution in [0.4, 0.5) is 5.69 Å². The number of carbonyl (C=O) groups is 1. The fourth-order valence-corrected chi connectivity index (χ4v) is 2.92. The van der Waals surface area contributed by atoms with Gasteiger partial charge in [-0.05, 0) is 30.2 Å². The molecule has 28 heavy (non-hydrogen) atoms. The minimum Gasteiger partial charge on any atom is -0.495 e. The van der Waals surface area contributed by atoms with Gasteiger partial charge in [0.15, 0.2) is 17.3 Å². The van der Waals surface area contributed by atoms with E-state index in [0.29, 0.717) is 29.4 Å². The van der Waals surface area contributed by atoms with E-state index in [0.717, 1.165) is 5.56 Å². The quantitative estimate of drug-likeness (QED) is 0.613. The molecule has 0 saturated carbocycles. The molecule has 9 nitrogen and oxygen atoms in total. The van der Waals surface area contributed by atoms with Crippen molar-refractivity contribution in [3.05, 3.63) is 53.9 Å². The number of nitrogens with zero attached hydrogens (tertiary/aromatic N) is 3. The van der Waals surface area contributed by atoms with Crippen molar-refractivity contribution in [1.82, 2.24) is 20.6 Å². The molecule has 1 heterocycles. The number of aromatic amines is 1. The molecule has 1 atom stereocenters. The minimum atomic E-state index is -0.704. The van der Waals surface area contributed by atoms with Crippen LogP contribution in [0.5, 0.6) is 17.2 Å². The van der Waals surface area contributed by atoms with E-state index in [9.17, 15) is 4.79 Å². The lowest BCUT2D eigenvalue weighted by atomic mass is 9.96. The number of rotatable bonds is 8. The van der Waals surface area contributed by atoms with Gasteiger partial charge in [0.05, 0.1) is 27.0 Å². The molecular weight excluding hydrogens is 362 g/mol. The summed E-state index contributed by atoms with van der Waals surface area (Å²) >= 11 is 0. The number of methoxy groups -OCH3 is 3. The first-order valence-electron chi connectivity index (χ1n) is 8.55. The van der Waals surface area contributed by atoms with Crippen molar-refractivity contribution in [2.45, 2.75) is 12.3 Å². The highest BCUT2D eigenvalue weighted by Gasteiger charge is 2.28. The van der Waals surface area contributed by atoms with Gasteiger partial charge >= 0.3 is 0 Å². The second-order valence-electron chi connectivity index (χ2n) is 5.87.